The van der Waals surface area contributed by atoms with E-state index in [0.717, 1.165) is 0 Å². The minimum absolute atomic E-state index is 0.125. The van der Waals surface area contributed by atoms with Crippen molar-refractivity contribution < 1.29 is 9.59 Å². The monoisotopic (exact) mass is 222 g/mol. The third kappa shape index (κ3) is 3.95. The fourth-order valence-electron chi connectivity index (χ4n) is 1.04. The van der Waals surface area contributed by atoms with Crippen molar-refractivity contribution >= 4 is 17.5 Å². The average Bonchev–Trinajstić information content (AvgIpc) is 2.25. The van der Waals surface area contributed by atoms with Gasteiger partial charge in [-0.15, -0.1) is 0 Å². The Kier molecular flexibility index (Phi) is 4.26. The lowest BCUT2D eigenvalue weighted by Gasteiger charge is -2.05. The lowest BCUT2D eigenvalue weighted by atomic mass is 10.3. The van der Waals surface area contributed by atoms with E-state index in [1.165, 1.54) is 13.1 Å². The molecule has 0 radical (unpaired) electrons. The zero-order valence-electron chi connectivity index (χ0n) is 8.99. The number of rotatable bonds is 4. The zero-order chi connectivity index (χ0) is 12.0. The summed E-state index contributed by atoms with van der Waals surface area (Å²) in [6.45, 7) is 2.18. The maximum atomic E-state index is 11.5. The molecule has 6 heteroatoms. The fourth-order valence-corrected chi connectivity index (χ4v) is 1.04. The maximum absolute atomic E-state index is 11.5. The molecule has 0 atom stereocenters. The van der Waals surface area contributed by atoms with Crippen molar-refractivity contribution in [3.05, 3.63) is 24.0 Å². The van der Waals surface area contributed by atoms with Crippen molar-refractivity contribution in [1.29, 1.82) is 0 Å². The topological polar surface area (TPSA) is 97.1 Å². The quantitative estimate of drug-likeness (QED) is 0.600. The first-order valence-corrected chi connectivity index (χ1v) is 4.84. The van der Waals surface area contributed by atoms with Crippen molar-refractivity contribution in [2.24, 2.45) is 0 Å². The molecule has 1 heterocycles. The van der Waals surface area contributed by atoms with E-state index in [-0.39, 0.29) is 11.8 Å². The van der Waals surface area contributed by atoms with Gasteiger partial charge in [0.1, 0.15) is 5.69 Å². The van der Waals surface area contributed by atoms with Gasteiger partial charge in [0.25, 0.3) is 5.91 Å². The van der Waals surface area contributed by atoms with E-state index in [1.807, 2.05) is 0 Å². The number of nitrogen functional groups attached to an aromatic ring is 1. The van der Waals surface area contributed by atoms with Gasteiger partial charge < -0.3 is 16.4 Å². The van der Waals surface area contributed by atoms with Gasteiger partial charge in [0.05, 0.1) is 11.9 Å². The molecule has 0 saturated heterocycles. The molecule has 0 saturated carbocycles. The van der Waals surface area contributed by atoms with Crippen LogP contribution in [0.2, 0.25) is 0 Å². The Morgan fingerprint density at radius 3 is 2.56 bits per heavy atom. The number of pyridine rings is 1. The molecule has 4 N–H and O–H groups in total. The normalized spacial score (nSPS) is 9.56. The molecule has 16 heavy (non-hydrogen) atoms. The molecular weight excluding hydrogens is 208 g/mol. The number of carbonyl (C=O) groups excluding carboxylic acids is 2. The number of hydrogen-bond acceptors (Lipinski definition) is 4. The lowest BCUT2D eigenvalue weighted by Crippen LogP contribution is -2.33. The SMILES string of the molecule is CC(=O)NCCNC(=O)c1ccc(N)cn1. The van der Waals surface area contributed by atoms with Crippen molar-refractivity contribution in [3.8, 4) is 0 Å². The third-order valence-corrected chi connectivity index (χ3v) is 1.80. The van der Waals surface area contributed by atoms with Gasteiger partial charge in [-0.3, -0.25) is 9.59 Å². The van der Waals surface area contributed by atoms with E-state index in [9.17, 15) is 9.59 Å². The van der Waals surface area contributed by atoms with Crippen LogP contribution < -0.4 is 16.4 Å². The van der Waals surface area contributed by atoms with Gasteiger partial charge in [0, 0.05) is 20.0 Å². The predicted molar refractivity (Wildman–Crippen MR) is 59.7 cm³/mol. The Balaban J connectivity index is 2.35. The summed E-state index contributed by atoms with van der Waals surface area (Å²) in [5.41, 5.74) is 6.25. The van der Waals surface area contributed by atoms with E-state index < -0.39 is 0 Å². The second kappa shape index (κ2) is 5.69. The average molecular weight is 222 g/mol. The predicted octanol–water partition coefficient (Wildman–Crippen LogP) is -0.470. The van der Waals surface area contributed by atoms with Crippen LogP contribution in [0.1, 0.15) is 17.4 Å². The summed E-state index contributed by atoms with van der Waals surface area (Å²) >= 11 is 0. The molecule has 1 aromatic rings. The van der Waals surface area contributed by atoms with Gasteiger partial charge in [0.15, 0.2) is 0 Å². The minimum atomic E-state index is -0.287. The molecule has 2 amide bonds. The molecule has 6 nitrogen and oxygen atoms in total. The molecule has 0 aliphatic rings. The number of hydrogen-bond donors (Lipinski definition) is 3. The first-order valence-electron chi connectivity index (χ1n) is 4.84. The molecule has 0 bridgehead atoms. The maximum Gasteiger partial charge on any atom is 0.269 e. The Bertz CT molecular complexity index is 375. The largest absolute Gasteiger partial charge is 0.397 e. The molecule has 0 aliphatic carbocycles. The summed E-state index contributed by atoms with van der Waals surface area (Å²) in [4.78, 5) is 25.9. The molecule has 1 rings (SSSR count). The molecule has 0 aromatic carbocycles. The van der Waals surface area contributed by atoms with Crippen LogP contribution in [0.25, 0.3) is 0 Å². The number of aromatic nitrogens is 1. The highest BCUT2D eigenvalue weighted by molar-refractivity contribution is 5.92. The van der Waals surface area contributed by atoms with Gasteiger partial charge in [-0.05, 0) is 12.1 Å². The number of nitrogens with two attached hydrogens (primary N) is 1. The first-order chi connectivity index (χ1) is 7.59. The van der Waals surface area contributed by atoms with Crippen LogP contribution in [-0.2, 0) is 4.79 Å². The van der Waals surface area contributed by atoms with Crippen LogP contribution in [-0.4, -0.2) is 29.9 Å². The van der Waals surface area contributed by atoms with E-state index in [4.69, 9.17) is 5.73 Å². The summed E-state index contributed by atoms with van der Waals surface area (Å²) < 4.78 is 0. The molecule has 0 aliphatic heterocycles. The van der Waals surface area contributed by atoms with E-state index in [2.05, 4.69) is 15.6 Å². The summed E-state index contributed by atoms with van der Waals surface area (Å²) in [6, 6.07) is 3.15. The van der Waals surface area contributed by atoms with Crippen molar-refractivity contribution in [2.75, 3.05) is 18.8 Å². The second-order valence-electron chi connectivity index (χ2n) is 3.22. The Morgan fingerprint density at radius 2 is 2.00 bits per heavy atom. The van der Waals surface area contributed by atoms with Crippen LogP contribution in [0, 0.1) is 0 Å². The van der Waals surface area contributed by atoms with Gasteiger partial charge in [0.2, 0.25) is 5.91 Å². The Hall–Kier alpha value is -2.11. The summed E-state index contributed by atoms with van der Waals surface area (Å²) in [6.07, 6.45) is 1.42. The Morgan fingerprint density at radius 1 is 1.31 bits per heavy atom. The highest BCUT2D eigenvalue weighted by Gasteiger charge is 2.05. The highest BCUT2D eigenvalue weighted by atomic mass is 16.2. The molecular formula is C10H14N4O2. The molecule has 0 unspecified atom stereocenters. The van der Waals surface area contributed by atoms with Crippen molar-refractivity contribution in [2.45, 2.75) is 6.92 Å². The summed E-state index contributed by atoms with van der Waals surface area (Å²) in [5, 5.41) is 5.18. The second-order valence-corrected chi connectivity index (χ2v) is 3.22. The number of anilines is 1. The van der Waals surface area contributed by atoms with Crippen molar-refractivity contribution in [3.63, 3.8) is 0 Å². The van der Waals surface area contributed by atoms with Gasteiger partial charge in [-0.25, -0.2) is 4.98 Å². The van der Waals surface area contributed by atoms with E-state index >= 15 is 0 Å². The van der Waals surface area contributed by atoms with Gasteiger partial charge in [-0.1, -0.05) is 0 Å². The van der Waals surface area contributed by atoms with Gasteiger partial charge >= 0.3 is 0 Å². The van der Waals surface area contributed by atoms with E-state index in [0.29, 0.717) is 24.5 Å². The zero-order valence-corrected chi connectivity index (χ0v) is 8.99. The highest BCUT2D eigenvalue weighted by Crippen LogP contribution is 2.00. The standard InChI is InChI=1S/C10H14N4O2/c1-7(15)12-4-5-13-10(16)9-3-2-8(11)6-14-9/h2-3,6H,4-5,11H2,1H3,(H,12,15)(H,13,16). The van der Waals surface area contributed by atoms with Crippen molar-refractivity contribution in [1.82, 2.24) is 15.6 Å². The smallest absolute Gasteiger partial charge is 0.269 e. The van der Waals surface area contributed by atoms with Crippen LogP contribution in [0.15, 0.2) is 18.3 Å². The number of nitrogens with zero attached hydrogens (tertiary/aromatic N) is 1. The number of carbonyl (C=O) groups is 2. The molecule has 0 fully saturated rings. The van der Waals surface area contributed by atoms with Crippen LogP contribution >= 0.6 is 0 Å². The first kappa shape index (κ1) is 12.0. The number of nitrogens with one attached hydrogen (secondary N) is 2. The summed E-state index contributed by atoms with van der Waals surface area (Å²) in [5.74, 6) is -0.412. The third-order valence-electron chi connectivity index (χ3n) is 1.80. The van der Waals surface area contributed by atoms with Gasteiger partial charge in [-0.2, -0.15) is 0 Å². The number of amides is 2. The lowest BCUT2D eigenvalue weighted by molar-refractivity contribution is -0.118. The summed E-state index contributed by atoms with van der Waals surface area (Å²) in [7, 11) is 0. The van der Waals surface area contributed by atoms with Crippen LogP contribution in [0.5, 0.6) is 0 Å². The van der Waals surface area contributed by atoms with Crippen LogP contribution in [0.4, 0.5) is 5.69 Å². The fraction of sp³-hybridized carbons (Fsp3) is 0.300. The molecule has 1 aromatic heterocycles. The Labute approximate surface area is 93.2 Å². The molecule has 0 spiro atoms. The molecule has 86 valence electrons. The van der Waals surface area contributed by atoms with E-state index in [1.54, 1.807) is 12.1 Å². The van der Waals surface area contributed by atoms with Crippen LogP contribution in [0.3, 0.4) is 0 Å². The minimum Gasteiger partial charge on any atom is -0.397 e.